The molecule has 0 aliphatic heterocycles. The van der Waals surface area contributed by atoms with Gasteiger partial charge in [0.25, 0.3) is 5.91 Å². The SMILES string of the molecule is Cc1ccc2cc(C(=O)n3c(C)c(N)c4ccccc43)oc2c1. The van der Waals surface area contributed by atoms with Crippen LogP contribution in [-0.4, -0.2) is 10.5 Å². The summed E-state index contributed by atoms with van der Waals surface area (Å²) >= 11 is 0. The lowest BCUT2D eigenvalue weighted by atomic mass is 10.2. The monoisotopic (exact) mass is 304 g/mol. The summed E-state index contributed by atoms with van der Waals surface area (Å²) in [4.78, 5) is 13.0. The molecule has 2 aromatic carbocycles. The molecule has 4 aromatic rings. The number of para-hydroxylation sites is 1. The molecule has 0 bridgehead atoms. The largest absolute Gasteiger partial charge is 0.451 e. The topological polar surface area (TPSA) is 61.2 Å². The van der Waals surface area contributed by atoms with Crippen LogP contribution in [0.2, 0.25) is 0 Å². The number of nitrogen functional groups attached to an aromatic ring is 1. The van der Waals surface area contributed by atoms with Crippen LogP contribution in [0.4, 0.5) is 5.69 Å². The van der Waals surface area contributed by atoms with Gasteiger partial charge in [-0.2, -0.15) is 0 Å². The molecule has 0 radical (unpaired) electrons. The molecule has 0 spiro atoms. The van der Waals surface area contributed by atoms with Gasteiger partial charge in [-0.25, -0.2) is 0 Å². The van der Waals surface area contributed by atoms with E-state index < -0.39 is 0 Å². The van der Waals surface area contributed by atoms with E-state index in [0.717, 1.165) is 33.1 Å². The number of fused-ring (bicyclic) bond motifs is 2. The Morgan fingerprint density at radius 1 is 1.09 bits per heavy atom. The molecular formula is C19H16N2O2. The van der Waals surface area contributed by atoms with E-state index in [2.05, 4.69) is 0 Å². The number of carbonyl (C=O) groups is 1. The van der Waals surface area contributed by atoms with Crippen molar-refractivity contribution in [2.45, 2.75) is 13.8 Å². The van der Waals surface area contributed by atoms with Crippen molar-refractivity contribution in [3.05, 3.63) is 65.5 Å². The zero-order valence-electron chi connectivity index (χ0n) is 13.0. The number of aromatic nitrogens is 1. The van der Waals surface area contributed by atoms with E-state index in [4.69, 9.17) is 10.2 Å². The van der Waals surface area contributed by atoms with Gasteiger partial charge in [0.05, 0.1) is 11.2 Å². The maximum atomic E-state index is 13.0. The highest BCUT2D eigenvalue weighted by atomic mass is 16.3. The average molecular weight is 304 g/mol. The summed E-state index contributed by atoms with van der Waals surface area (Å²) in [6.07, 6.45) is 0. The van der Waals surface area contributed by atoms with E-state index in [1.807, 2.05) is 56.3 Å². The highest BCUT2D eigenvalue weighted by molar-refractivity contribution is 6.07. The van der Waals surface area contributed by atoms with Crippen LogP contribution >= 0.6 is 0 Å². The van der Waals surface area contributed by atoms with Crippen LogP contribution in [0.25, 0.3) is 21.9 Å². The minimum absolute atomic E-state index is 0.204. The molecule has 23 heavy (non-hydrogen) atoms. The second kappa shape index (κ2) is 4.74. The number of benzene rings is 2. The van der Waals surface area contributed by atoms with Gasteiger partial charge >= 0.3 is 0 Å². The Hall–Kier alpha value is -3.01. The van der Waals surface area contributed by atoms with Gasteiger partial charge in [0.15, 0.2) is 5.76 Å². The van der Waals surface area contributed by atoms with Crippen LogP contribution < -0.4 is 5.73 Å². The molecule has 0 aliphatic rings. The molecular weight excluding hydrogens is 288 g/mol. The number of aryl methyl sites for hydroxylation is 1. The predicted octanol–water partition coefficient (Wildman–Crippen LogP) is 4.28. The minimum atomic E-state index is -0.204. The summed E-state index contributed by atoms with van der Waals surface area (Å²) < 4.78 is 7.39. The highest BCUT2D eigenvalue weighted by Gasteiger charge is 2.21. The first-order valence-electron chi connectivity index (χ1n) is 7.46. The third-order valence-corrected chi connectivity index (χ3v) is 4.25. The van der Waals surface area contributed by atoms with E-state index in [-0.39, 0.29) is 5.91 Å². The Morgan fingerprint density at radius 3 is 2.70 bits per heavy atom. The molecule has 0 aliphatic carbocycles. The number of rotatable bonds is 1. The number of hydrogen-bond donors (Lipinski definition) is 1. The third kappa shape index (κ3) is 1.95. The molecule has 4 heteroatoms. The summed E-state index contributed by atoms with van der Waals surface area (Å²) in [7, 11) is 0. The van der Waals surface area contributed by atoms with E-state index in [1.165, 1.54) is 0 Å². The fourth-order valence-electron chi connectivity index (χ4n) is 3.01. The van der Waals surface area contributed by atoms with Gasteiger partial charge in [0.2, 0.25) is 0 Å². The summed E-state index contributed by atoms with van der Waals surface area (Å²) in [6.45, 7) is 3.84. The van der Waals surface area contributed by atoms with Gasteiger partial charge < -0.3 is 10.2 Å². The lowest BCUT2D eigenvalue weighted by molar-refractivity contribution is 0.0938. The van der Waals surface area contributed by atoms with E-state index in [1.54, 1.807) is 10.6 Å². The molecule has 4 nitrogen and oxygen atoms in total. The molecule has 0 saturated carbocycles. The summed E-state index contributed by atoms with van der Waals surface area (Å²) in [6, 6.07) is 15.3. The molecule has 0 amide bonds. The van der Waals surface area contributed by atoms with Crippen LogP contribution in [0.1, 0.15) is 21.8 Å². The van der Waals surface area contributed by atoms with Crippen LogP contribution in [-0.2, 0) is 0 Å². The van der Waals surface area contributed by atoms with Crippen molar-refractivity contribution >= 4 is 33.5 Å². The standard InChI is InChI=1S/C19H16N2O2/c1-11-7-8-13-10-17(23-16(13)9-11)19(22)21-12(2)18(20)14-5-3-4-6-15(14)21/h3-10H,20H2,1-2H3. The summed E-state index contributed by atoms with van der Waals surface area (Å²) in [5, 5.41) is 1.80. The van der Waals surface area contributed by atoms with Crippen molar-refractivity contribution in [2.75, 3.05) is 5.73 Å². The number of anilines is 1. The number of hydrogen-bond acceptors (Lipinski definition) is 3. The van der Waals surface area contributed by atoms with Gasteiger partial charge in [-0.1, -0.05) is 30.3 Å². The maximum Gasteiger partial charge on any atom is 0.298 e. The molecule has 2 aromatic heterocycles. The summed E-state index contributed by atoms with van der Waals surface area (Å²) in [5.41, 5.74) is 10.1. The van der Waals surface area contributed by atoms with Gasteiger partial charge in [-0.3, -0.25) is 9.36 Å². The fourth-order valence-corrected chi connectivity index (χ4v) is 3.01. The van der Waals surface area contributed by atoms with E-state index in [0.29, 0.717) is 11.4 Å². The Balaban J connectivity index is 1.93. The smallest absolute Gasteiger partial charge is 0.298 e. The first-order chi connectivity index (χ1) is 11.1. The first kappa shape index (κ1) is 13.6. The minimum Gasteiger partial charge on any atom is -0.451 e. The maximum absolute atomic E-state index is 13.0. The van der Waals surface area contributed by atoms with Gasteiger partial charge in [-0.15, -0.1) is 0 Å². The van der Waals surface area contributed by atoms with Crippen molar-refractivity contribution in [2.24, 2.45) is 0 Å². The molecule has 0 fully saturated rings. The molecule has 114 valence electrons. The Kier molecular flexibility index (Phi) is 2.81. The number of furan rings is 1. The fraction of sp³-hybridized carbons (Fsp3) is 0.105. The number of carbonyl (C=O) groups excluding carboxylic acids is 1. The molecule has 2 heterocycles. The number of nitrogens with two attached hydrogens (primary N) is 1. The zero-order valence-corrected chi connectivity index (χ0v) is 13.0. The predicted molar refractivity (Wildman–Crippen MR) is 91.8 cm³/mol. The second-order valence-electron chi connectivity index (χ2n) is 5.81. The lowest BCUT2D eigenvalue weighted by Gasteiger charge is -2.04. The Labute approximate surface area is 133 Å². The van der Waals surface area contributed by atoms with Crippen LogP contribution in [0.5, 0.6) is 0 Å². The summed E-state index contributed by atoms with van der Waals surface area (Å²) in [5.74, 6) is 0.110. The average Bonchev–Trinajstić information content (AvgIpc) is 3.07. The quantitative estimate of drug-likeness (QED) is 0.571. The van der Waals surface area contributed by atoms with Gasteiger partial charge in [-0.05, 0) is 37.6 Å². The van der Waals surface area contributed by atoms with Crippen LogP contribution in [0.3, 0.4) is 0 Å². The van der Waals surface area contributed by atoms with Crippen molar-refractivity contribution in [3.63, 3.8) is 0 Å². The molecule has 4 rings (SSSR count). The number of nitrogens with zero attached hydrogens (tertiary/aromatic N) is 1. The molecule has 2 N–H and O–H groups in total. The van der Waals surface area contributed by atoms with Gasteiger partial charge in [0.1, 0.15) is 5.58 Å². The normalized spacial score (nSPS) is 11.4. The van der Waals surface area contributed by atoms with E-state index in [9.17, 15) is 4.79 Å². The Bertz CT molecular complexity index is 1070. The second-order valence-corrected chi connectivity index (χ2v) is 5.81. The van der Waals surface area contributed by atoms with Crippen molar-refractivity contribution in [1.29, 1.82) is 0 Å². The van der Waals surface area contributed by atoms with Gasteiger partial charge in [0, 0.05) is 16.5 Å². The Morgan fingerprint density at radius 2 is 1.87 bits per heavy atom. The molecule has 0 saturated heterocycles. The van der Waals surface area contributed by atoms with Crippen LogP contribution in [0.15, 0.2) is 52.9 Å². The molecule has 0 atom stereocenters. The zero-order chi connectivity index (χ0) is 16.1. The first-order valence-corrected chi connectivity index (χ1v) is 7.46. The van der Waals surface area contributed by atoms with E-state index >= 15 is 0 Å². The lowest BCUT2D eigenvalue weighted by Crippen LogP contribution is -2.12. The van der Waals surface area contributed by atoms with Crippen molar-refractivity contribution < 1.29 is 9.21 Å². The van der Waals surface area contributed by atoms with Crippen molar-refractivity contribution in [1.82, 2.24) is 4.57 Å². The van der Waals surface area contributed by atoms with Crippen LogP contribution in [0, 0.1) is 13.8 Å². The van der Waals surface area contributed by atoms with Crippen molar-refractivity contribution in [3.8, 4) is 0 Å². The highest BCUT2D eigenvalue weighted by Crippen LogP contribution is 2.29. The third-order valence-electron chi connectivity index (χ3n) is 4.25. The molecule has 0 unspecified atom stereocenters.